The smallest absolute Gasteiger partial charge is 0.450 e. The van der Waals surface area contributed by atoms with Crippen LogP contribution in [0.4, 0.5) is 13.2 Å². The molecule has 0 bridgehead atoms. The number of furan rings is 1. The molecule has 0 N–H and O–H groups in total. The standard InChI is InChI=1S/C6H3F3O3/c7-6(8,9)4-3(5(10)11)1-2-12-4/h1-2H,(H,10,11)/p-1. The number of carboxylic acids is 1. The van der Waals surface area contributed by atoms with Crippen LogP contribution in [0.2, 0.25) is 0 Å². The van der Waals surface area contributed by atoms with Gasteiger partial charge in [0, 0.05) is 5.56 Å². The highest BCUT2D eigenvalue weighted by atomic mass is 19.4. The molecule has 1 heterocycles. The van der Waals surface area contributed by atoms with Gasteiger partial charge in [-0.3, -0.25) is 0 Å². The fraction of sp³-hybridized carbons (Fsp3) is 0.167. The molecule has 0 aliphatic heterocycles. The zero-order valence-electron chi connectivity index (χ0n) is 5.51. The van der Waals surface area contributed by atoms with Gasteiger partial charge in [0.1, 0.15) is 0 Å². The molecule has 1 aromatic rings. The zero-order chi connectivity index (χ0) is 9.35. The van der Waals surface area contributed by atoms with Gasteiger partial charge in [-0.15, -0.1) is 0 Å². The van der Waals surface area contributed by atoms with E-state index in [-0.39, 0.29) is 0 Å². The van der Waals surface area contributed by atoms with Gasteiger partial charge >= 0.3 is 6.18 Å². The van der Waals surface area contributed by atoms with Crippen molar-refractivity contribution in [3.63, 3.8) is 0 Å². The van der Waals surface area contributed by atoms with Crippen LogP contribution in [0.5, 0.6) is 0 Å². The Bertz CT molecular complexity index is 299. The average Bonchev–Trinajstić information content (AvgIpc) is 2.30. The first kappa shape index (κ1) is 8.63. The number of aromatic carboxylic acids is 1. The van der Waals surface area contributed by atoms with Crippen molar-refractivity contribution in [2.45, 2.75) is 6.18 Å². The van der Waals surface area contributed by atoms with Crippen LogP contribution >= 0.6 is 0 Å². The van der Waals surface area contributed by atoms with Gasteiger partial charge in [0.2, 0.25) is 5.76 Å². The summed E-state index contributed by atoms with van der Waals surface area (Å²) in [5, 5.41) is 10.1. The first-order valence-corrected chi connectivity index (χ1v) is 2.79. The third-order valence-corrected chi connectivity index (χ3v) is 1.14. The summed E-state index contributed by atoms with van der Waals surface area (Å²) in [6, 6.07) is 0.693. The molecule has 0 atom stereocenters. The van der Waals surface area contributed by atoms with Crippen LogP contribution in [-0.2, 0) is 6.18 Å². The Morgan fingerprint density at radius 3 is 2.42 bits per heavy atom. The summed E-state index contributed by atoms with van der Waals surface area (Å²) in [5.41, 5.74) is -0.984. The molecular formula is C6H2F3O3-. The topological polar surface area (TPSA) is 53.3 Å². The van der Waals surface area contributed by atoms with Crippen molar-refractivity contribution in [3.05, 3.63) is 23.7 Å². The maximum Gasteiger partial charge on any atom is 0.450 e. The second kappa shape index (κ2) is 2.54. The lowest BCUT2D eigenvalue weighted by Gasteiger charge is -2.05. The molecule has 1 aromatic heterocycles. The molecule has 66 valence electrons. The summed E-state index contributed by atoms with van der Waals surface area (Å²) in [6.07, 6.45) is -4.15. The lowest BCUT2D eigenvalue weighted by atomic mass is 10.2. The minimum absolute atomic E-state index is 0.647. The van der Waals surface area contributed by atoms with Crippen molar-refractivity contribution < 1.29 is 27.5 Å². The van der Waals surface area contributed by atoms with Crippen molar-refractivity contribution in [1.82, 2.24) is 0 Å². The van der Waals surface area contributed by atoms with Crippen molar-refractivity contribution in [2.75, 3.05) is 0 Å². The van der Waals surface area contributed by atoms with Crippen molar-refractivity contribution in [3.8, 4) is 0 Å². The van der Waals surface area contributed by atoms with E-state index < -0.39 is 23.5 Å². The predicted molar refractivity (Wildman–Crippen MR) is 28.0 cm³/mol. The van der Waals surface area contributed by atoms with E-state index in [0.717, 1.165) is 0 Å². The summed E-state index contributed by atoms with van der Waals surface area (Å²) in [4.78, 5) is 10.1. The number of rotatable bonds is 1. The number of alkyl halides is 3. The van der Waals surface area contributed by atoms with Gasteiger partial charge in [-0.1, -0.05) is 0 Å². The largest absolute Gasteiger partial charge is 0.545 e. The molecule has 0 radical (unpaired) electrons. The van der Waals surface area contributed by atoms with Crippen molar-refractivity contribution in [1.29, 1.82) is 0 Å². The van der Waals surface area contributed by atoms with E-state index in [4.69, 9.17) is 0 Å². The van der Waals surface area contributed by atoms with Gasteiger partial charge in [0.15, 0.2) is 0 Å². The van der Waals surface area contributed by atoms with Gasteiger partial charge in [0.25, 0.3) is 0 Å². The van der Waals surface area contributed by atoms with Crippen molar-refractivity contribution in [2.24, 2.45) is 0 Å². The second-order valence-corrected chi connectivity index (χ2v) is 1.95. The second-order valence-electron chi connectivity index (χ2n) is 1.95. The van der Waals surface area contributed by atoms with Crippen LogP contribution in [0.15, 0.2) is 16.7 Å². The number of hydrogen-bond acceptors (Lipinski definition) is 3. The fourth-order valence-electron chi connectivity index (χ4n) is 0.690. The maximum absolute atomic E-state index is 11.9. The molecule has 0 amide bonds. The van der Waals surface area contributed by atoms with E-state index in [9.17, 15) is 23.1 Å². The Kier molecular flexibility index (Phi) is 1.83. The molecule has 0 unspecified atom stereocenters. The number of carbonyl (C=O) groups excluding carboxylic acids is 1. The molecule has 0 aliphatic rings. The van der Waals surface area contributed by atoms with E-state index >= 15 is 0 Å². The van der Waals surface area contributed by atoms with Crippen LogP contribution in [0.1, 0.15) is 16.1 Å². The van der Waals surface area contributed by atoms with Gasteiger partial charge < -0.3 is 14.3 Å². The quantitative estimate of drug-likeness (QED) is 0.636. The summed E-state index contributed by atoms with van der Waals surface area (Å²) in [6.45, 7) is 0. The van der Waals surface area contributed by atoms with Crippen LogP contribution in [0.25, 0.3) is 0 Å². The molecule has 6 heteroatoms. The lowest BCUT2D eigenvalue weighted by Crippen LogP contribution is -2.24. The first-order chi connectivity index (χ1) is 5.43. The van der Waals surface area contributed by atoms with E-state index in [2.05, 4.69) is 4.42 Å². The Labute approximate surface area is 64.4 Å². The van der Waals surface area contributed by atoms with Gasteiger partial charge in [-0.05, 0) is 6.07 Å². The first-order valence-electron chi connectivity index (χ1n) is 2.79. The lowest BCUT2D eigenvalue weighted by molar-refractivity contribution is -0.256. The molecule has 0 spiro atoms. The molecule has 1 rings (SSSR count). The number of carboxylic acid groups (broad SMARTS) is 1. The summed E-state index contributed by atoms with van der Waals surface area (Å²) in [7, 11) is 0. The highest BCUT2D eigenvalue weighted by molar-refractivity contribution is 5.87. The fourth-order valence-corrected chi connectivity index (χ4v) is 0.690. The van der Waals surface area contributed by atoms with Crippen LogP contribution in [0, 0.1) is 0 Å². The predicted octanol–water partition coefficient (Wildman–Crippen LogP) is 0.662. The summed E-state index contributed by atoms with van der Waals surface area (Å²) >= 11 is 0. The SMILES string of the molecule is O=C([O-])c1ccoc1C(F)(F)F. The molecule has 3 nitrogen and oxygen atoms in total. The van der Waals surface area contributed by atoms with E-state index in [1.165, 1.54) is 0 Å². The average molecular weight is 179 g/mol. The maximum atomic E-state index is 11.9. The van der Waals surface area contributed by atoms with Gasteiger partial charge in [-0.25, -0.2) is 0 Å². The van der Waals surface area contributed by atoms with Crippen LogP contribution in [0.3, 0.4) is 0 Å². The molecular weight excluding hydrogens is 177 g/mol. The van der Waals surface area contributed by atoms with Crippen LogP contribution < -0.4 is 5.11 Å². The molecule has 12 heavy (non-hydrogen) atoms. The number of halogens is 3. The van der Waals surface area contributed by atoms with E-state index in [0.29, 0.717) is 12.3 Å². The molecule has 0 aromatic carbocycles. The molecule has 0 saturated heterocycles. The molecule has 0 saturated carbocycles. The minimum Gasteiger partial charge on any atom is -0.545 e. The highest BCUT2D eigenvalue weighted by Crippen LogP contribution is 2.32. The minimum atomic E-state index is -4.79. The van der Waals surface area contributed by atoms with E-state index in [1.807, 2.05) is 0 Å². The summed E-state index contributed by atoms with van der Waals surface area (Å²) in [5.74, 6) is -3.45. The third-order valence-electron chi connectivity index (χ3n) is 1.14. The number of hydrogen-bond donors (Lipinski definition) is 0. The molecule has 0 fully saturated rings. The summed E-state index contributed by atoms with van der Waals surface area (Å²) < 4.78 is 39.5. The Balaban J connectivity index is 3.17. The van der Waals surface area contributed by atoms with E-state index in [1.54, 1.807) is 0 Å². The van der Waals surface area contributed by atoms with Crippen LogP contribution in [-0.4, -0.2) is 5.97 Å². The Morgan fingerprint density at radius 1 is 1.50 bits per heavy atom. The Hall–Kier alpha value is -1.46. The zero-order valence-corrected chi connectivity index (χ0v) is 5.51. The van der Waals surface area contributed by atoms with Gasteiger partial charge in [-0.2, -0.15) is 13.2 Å². The monoisotopic (exact) mass is 179 g/mol. The van der Waals surface area contributed by atoms with Crippen molar-refractivity contribution >= 4 is 5.97 Å². The molecule has 0 aliphatic carbocycles. The Morgan fingerprint density at radius 2 is 2.08 bits per heavy atom. The number of carbonyl (C=O) groups is 1. The third kappa shape index (κ3) is 1.41. The highest BCUT2D eigenvalue weighted by Gasteiger charge is 2.37. The normalized spacial score (nSPS) is 11.6. The van der Waals surface area contributed by atoms with Gasteiger partial charge in [0.05, 0.1) is 12.2 Å².